The van der Waals surface area contributed by atoms with E-state index in [1.165, 1.54) is 0 Å². The lowest BCUT2D eigenvalue weighted by Gasteiger charge is -2.24. The highest BCUT2D eigenvalue weighted by atomic mass is 19.1. The zero-order valence-corrected chi connectivity index (χ0v) is 10.7. The van der Waals surface area contributed by atoms with E-state index in [2.05, 4.69) is 4.98 Å². The Morgan fingerprint density at radius 2 is 1.71 bits per heavy atom. The molecule has 0 radical (unpaired) electrons. The second kappa shape index (κ2) is 4.51. The van der Waals surface area contributed by atoms with Gasteiger partial charge in [0.25, 0.3) is 5.88 Å². The monoisotopic (exact) mass is 239 g/mol. The zero-order chi connectivity index (χ0) is 12.6. The van der Waals surface area contributed by atoms with Crippen molar-refractivity contribution < 1.29 is 13.9 Å². The van der Waals surface area contributed by atoms with Crippen molar-refractivity contribution in [3.8, 4) is 11.6 Å². The van der Waals surface area contributed by atoms with Gasteiger partial charge in [0.15, 0.2) is 11.6 Å². The van der Waals surface area contributed by atoms with Crippen LogP contribution < -0.4 is 9.47 Å². The van der Waals surface area contributed by atoms with Crippen LogP contribution in [0.2, 0.25) is 0 Å². The number of aromatic nitrogens is 1. The number of halogens is 1. The van der Waals surface area contributed by atoms with Crippen LogP contribution >= 0.6 is 0 Å². The SMILES string of the molecule is CC(C)c1nc2c(c(C(C)C)c1F)OCCO2. The first-order chi connectivity index (χ1) is 8.02. The molecule has 2 heterocycles. The maximum Gasteiger partial charge on any atom is 0.257 e. The van der Waals surface area contributed by atoms with Gasteiger partial charge in [-0.25, -0.2) is 9.37 Å². The van der Waals surface area contributed by atoms with E-state index >= 15 is 0 Å². The van der Waals surface area contributed by atoms with Crippen LogP contribution in [0.15, 0.2) is 0 Å². The van der Waals surface area contributed by atoms with E-state index in [0.717, 1.165) is 0 Å². The fraction of sp³-hybridized carbons (Fsp3) is 0.615. The first-order valence-corrected chi connectivity index (χ1v) is 6.01. The molecule has 0 saturated heterocycles. The number of hydrogen-bond donors (Lipinski definition) is 0. The lowest BCUT2D eigenvalue weighted by atomic mass is 9.98. The molecule has 0 atom stereocenters. The van der Waals surface area contributed by atoms with E-state index in [4.69, 9.17) is 9.47 Å². The molecule has 0 amide bonds. The molecule has 3 nitrogen and oxygen atoms in total. The molecule has 1 aromatic rings. The van der Waals surface area contributed by atoms with Crippen LogP contribution in [0.5, 0.6) is 11.6 Å². The highest BCUT2D eigenvalue weighted by Crippen LogP contribution is 2.40. The van der Waals surface area contributed by atoms with Crippen LogP contribution in [-0.4, -0.2) is 18.2 Å². The van der Waals surface area contributed by atoms with Crippen molar-refractivity contribution in [2.45, 2.75) is 39.5 Å². The third-order valence-corrected chi connectivity index (χ3v) is 2.81. The number of nitrogens with zero attached hydrogens (tertiary/aromatic N) is 1. The van der Waals surface area contributed by atoms with Gasteiger partial charge in [0, 0.05) is 5.56 Å². The molecule has 0 saturated carbocycles. The Hall–Kier alpha value is -1.32. The van der Waals surface area contributed by atoms with Crippen LogP contribution in [0.1, 0.15) is 50.8 Å². The second-order valence-corrected chi connectivity index (χ2v) is 4.87. The molecular formula is C13H18FNO2. The summed E-state index contributed by atoms with van der Waals surface area (Å²) in [4.78, 5) is 4.23. The average Bonchev–Trinajstić information content (AvgIpc) is 2.27. The van der Waals surface area contributed by atoms with Crippen molar-refractivity contribution in [3.63, 3.8) is 0 Å². The maximum atomic E-state index is 14.4. The Morgan fingerprint density at radius 1 is 1.06 bits per heavy atom. The Balaban J connectivity index is 2.64. The summed E-state index contributed by atoms with van der Waals surface area (Å²) >= 11 is 0. The smallest absolute Gasteiger partial charge is 0.257 e. The van der Waals surface area contributed by atoms with Crippen molar-refractivity contribution in [2.24, 2.45) is 0 Å². The van der Waals surface area contributed by atoms with Gasteiger partial charge in [-0.05, 0) is 11.8 Å². The zero-order valence-electron chi connectivity index (χ0n) is 10.7. The molecule has 0 N–H and O–H groups in total. The molecule has 17 heavy (non-hydrogen) atoms. The quantitative estimate of drug-likeness (QED) is 0.794. The van der Waals surface area contributed by atoms with E-state index < -0.39 is 0 Å². The van der Waals surface area contributed by atoms with E-state index in [1.54, 1.807) is 0 Å². The summed E-state index contributed by atoms with van der Waals surface area (Å²) in [5.41, 5.74) is 1.04. The van der Waals surface area contributed by atoms with Crippen LogP contribution in [0.3, 0.4) is 0 Å². The molecule has 0 aliphatic carbocycles. The topological polar surface area (TPSA) is 31.4 Å². The van der Waals surface area contributed by atoms with E-state index in [1.807, 2.05) is 27.7 Å². The first kappa shape index (κ1) is 12.1. The number of pyridine rings is 1. The highest BCUT2D eigenvalue weighted by molar-refractivity contribution is 5.47. The van der Waals surface area contributed by atoms with Crippen LogP contribution in [0.25, 0.3) is 0 Å². The fourth-order valence-corrected chi connectivity index (χ4v) is 1.98. The summed E-state index contributed by atoms with van der Waals surface area (Å²) < 4.78 is 25.3. The van der Waals surface area contributed by atoms with Crippen LogP contribution in [-0.2, 0) is 0 Å². The van der Waals surface area contributed by atoms with Gasteiger partial charge in [-0.15, -0.1) is 0 Å². The minimum absolute atomic E-state index is 0.0309. The predicted octanol–water partition coefficient (Wildman–Crippen LogP) is 3.24. The van der Waals surface area contributed by atoms with Gasteiger partial charge in [-0.1, -0.05) is 27.7 Å². The third kappa shape index (κ3) is 2.08. The van der Waals surface area contributed by atoms with E-state index in [-0.39, 0.29) is 17.7 Å². The average molecular weight is 239 g/mol. The predicted molar refractivity (Wildman–Crippen MR) is 63.4 cm³/mol. The number of rotatable bonds is 2. The van der Waals surface area contributed by atoms with Gasteiger partial charge in [0.05, 0.1) is 5.69 Å². The summed E-state index contributed by atoms with van der Waals surface area (Å²) in [7, 11) is 0. The molecule has 0 unspecified atom stereocenters. The normalized spacial score (nSPS) is 14.5. The lowest BCUT2D eigenvalue weighted by molar-refractivity contribution is 0.160. The molecular weight excluding hydrogens is 221 g/mol. The summed E-state index contributed by atoms with van der Waals surface area (Å²) in [5.74, 6) is 0.742. The van der Waals surface area contributed by atoms with Gasteiger partial charge in [-0.3, -0.25) is 0 Å². The minimum Gasteiger partial charge on any atom is -0.484 e. The van der Waals surface area contributed by atoms with Gasteiger partial charge >= 0.3 is 0 Å². The van der Waals surface area contributed by atoms with E-state index in [9.17, 15) is 4.39 Å². The molecule has 94 valence electrons. The van der Waals surface area contributed by atoms with Gasteiger partial charge < -0.3 is 9.47 Å². The minimum atomic E-state index is -0.251. The van der Waals surface area contributed by atoms with Crippen molar-refractivity contribution in [3.05, 3.63) is 17.1 Å². The Labute approximate surface area is 101 Å². The van der Waals surface area contributed by atoms with Gasteiger partial charge in [-0.2, -0.15) is 0 Å². The van der Waals surface area contributed by atoms with Gasteiger partial charge in [0.2, 0.25) is 0 Å². The first-order valence-electron chi connectivity index (χ1n) is 6.01. The van der Waals surface area contributed by atoms with Crippen LogP contribution in [0, 0.1) is 5.82 Å². The van der Waals surface area contributed by atoms with Crippen LogP contribution in [0.4, 0.5) is 4.39 Å². The molecule has 1 aliphatic rings. The molecule has 0 bridgehead atoms. The second-order valence-electron chi connectivity index (χ2n) is 4.87. The van der Waals surface area contributed by atoms with Crippen molar-refractivity contribution in [1.29, 1.82) is 0 Å². The molecule has 0 spiro atoms. The summed E-state index contributed by atoms with van der Waals surface area (Å²) in [6.45, 7) is 8.66. The van der Waals surface area contributed by atoms with Crippen molar-refractivity contribution in [1.82, 2.24) is 4.98 Å². The number of fused-ring (bicyclic) bond motifs is 1. The molecule has 1 aromatic heterocycles. The summed E-state index contributed by atoms with van der Waals surface area (Å²) in [5, 5.41) is 0. The number of ether oxygens (including phenoxy) is 2. The maximum absolute atomic E-state index is 14.4. The summed E-state index contributed by atoms with van der Waals surface area (Å²) in [6.07, 6.45) is 0. The number of hydrogen-bond acceptors (Lipinski definition) is 3. The summed E-state index contributed by atoms with van der Waals surface area (Å²) in [6, 6.07) is 0. The molecule has 2 rings (SSSR count). The van der Waals surface area contributed by atoms with E-state index in [0.29, 0.717) is 36.1 Å². The van der Waals surface area contributed by atoms with Crippen molar-refractivity contribution in [2.75, 3.05) is 13.2 Å². The Kier molecular flexibility index (Phi) is 3.22. The molecule has 4 heteroatoms. The molecule has 1 aliphatic heterocycles. The highest BCUT2D eigenvalue weighted by Gasteiger charge is 2.27. The largest absolute Gasteiger partial charge is 0.484 e. The molecule has 0 aromatic carbocycles. The lowest BCUT2D eigenvalue weighted by Crippen LogP contribution is -2.20. The standard InChI is InChI=1S/C13H18FNO2/c1-7(2)9-10(14)11(8(3)4)15-13-12(9)16-5-6-17-13/h7-8H,5-6H2,1-4H3. The Morgan fingerprint density at radius 3 is 2.29 bits per heavy atom. The van der Waals surface area contributed by atoms with Gasteiger partial charge in [0.1, 0.15) is 13.2 Å². The Bertz CT molecular complexity index is 430. The fourth-order valence-electron chi connectivity index (χ4n) is 1.98. The third-order valence-electron chi connectivity index (χ3n) is 2.81. The molecule has 0 fully saturated rings. The van der Waals surface area contributed by atoms with Crippen molar-refractivity contribution >= 4 is 0 Å².